The molecule has 0 saturated heterocycles. The molecule has 140 valence electrons. The number of nitrogens with one attached hydrogen (secondary N) is 1. The van der Waals surface area contributed by atoms with Gasteiger partial charge in [0.1, 0.15) is 0 Å². The van der Waals surface area contributed by atoms with Crippen molar-refractivity contribution in [1.29, 1.82) is 0 Å². The SMILES string of the molecule is O=C(COC(=O)C1(c2ccccc2)CC1)Nc1ccccc1-c1ccccc1. The van der Waals surface area contributed by atoms with E-state index in [1.807, 2.05) is 84.9 Å². The highest BCUT2D eigenvalue weighted by Crippen LogP contribution is 2.49. The van der Waals surface area contributed by atoms with Crippen LogP contribution in [0.15, 0.2) is 84.9 Å². The summed E-state index contributed by atoms with van der Waals surface area (Å²) >= 11 is 0. The van der Waals surface area contributed by atoms with Gasteiger partial charge in [0, 0.05) is 11.3 Å². The molecule has 0 aromatic heterocycles. The van der Waals surface area contributed by atoms with Crippen molar-refractivity contribution in [3.8, 4) is 11.1 Å². The molecule has 1 aliphatic rings. The zero-order chi connectivity index (χ0) is 19.4. The van der Waals surface area contributed by atoms with E-state index in [1.165, 1.54) is 0 Å². The first-order chi connectivity index (χ1) is 13.7. The lowest BCUT2D eigenvalue weighted by molar-refractivity contribution is -0.150. The van der Waals surface area contributed by atoms with Crippen LogP contribution in [0.2, 0.25) is 0 Å². The van der Waals surface area contributed by atoms with E-state index >= 15 is 0 Å². The summed E-state index contributed by atoms with van der Waals surface area (Å²) in [6.07, 6.45) is 1.52. The van der Waals surface area contributed by atoms with Gasteiger partial charge in [0.05, 0.1) is 5.41 Å². The molecule has 1 amide bonds. The van der Waals surface area contributed by atoms with Gasteiger partial charge in [-0.15, -0.1) is 0 Å². The van der Waals surface area contributed by atoms with Gasteiger partial charge in [-0.25, -0.2) is 0 Å². The first kappa shape index (κ1) is 18.0. The molecule has 3 aromatic carbocycles. The van der Waals surface area contributed by atoms with Crippen molar-refractivity contribution in [2.45, 2.75) is 18.3 Å². The van der Waals surface area contributed by atoms with Crippen LogP contribution in [0.4, 0.5) is 5.69 Å². The van der Waals surface area contributed by atoms with Crippen LogP contribution in [0.1, 0.15) is 18.4 Å². The summed E-state index contributed by atoms with van der Waals surface area (Å²) in [5.74, 6) is -0.675. The van der Waals surface area contributed by atoms with E-state index in [1.54, 1.807) is 0 Å². The lowest BCUT2D eigenvalue weighted by Crippen LogP contribution is -2.28. The molecule has 28 heavy (non-hydrogen) atoms. The van der Waals surface area contributed by atoms with Crippen LogP contribution in [0.3, 0.4) is 0 Å². The Kier molecular flexibility index (Phi) is 4.94. The first-order valence-corrected chi connectivity index (χ1v) is 9.36. The maximum Gasteiger partial charge on any atom is 0.317 e. The molecule has 0 aliphatic heterocycles. The molecule has 1 saturated carbocycles. The minimum absolute atomic E-state index is 0.295. The lowest BCUT2D eigenvalue weighted by atomic mass is 9.96. The summed E-state index contributed by atoms with van der Waals surface area (Å²) in [6, 6.07) is 27.0. The molecule has 1 fully saturated rings. The zero-order valence-corrected chi connectivity index (χ0v) is 15.4. The van der Waals surface area contributed by atoms with E-state index in [2.05, 4.69) is 5.32 Å². The van der Waals surface area contributed by atoms with Gasteiger partial charge in [-0.1, -0.05) is 78.9 Å². The van der Waals surface area contributed by atoms with Gasteiger partial charge >= 0.3 is 5.97 Å². The van der Waals surface area contributed by atoms with Crippen molar-refractivity contribution in [2.75, 3.05) is 11.9 Å². The number of para-hydroxylation sites is 1. The summed E-state index contributed by atoms with van der Waals surface area (Å²) in [4.78, 5) is 25.0. The zero-order valence-electron chi connectivity index (χ0n) is 15.4. The van der Waals surface area contributed by atoms with Crippen molar-refractivity contribution in [3.05, 3.63) is 90.5 Å². The normalized spacial score (nSPS) is 14.1. The van der Waals surface area contributed by atoms with E-state index < -0.39 is 5.41 Å². The van der Waals surface area contributed by atoms with Crippen LogP contribution < -0.4 is 5.32 Å². The lowest BCUT2D eigenvalue weighted by Gasteiger charge is -2.15. The molecule has 0 unspecified atom stereocenters. The maximum absolute atomic E-state index is 12.6. The Morgan fingerprint density at radius 1 is 0.821 bits per heavy atom. The standard InChI is InChI=1S/C24H21NO3/c26-22(17-28-23(27)24(15-16-24)19-11-5-2-6-12-19)25-21-14-8-7-13-20(21)18-9-3-1-4-10-18/h1-14H,15-17H2,(H,25,26). The van der Waals surface area contributed by atoms with Crippen molar-refractivity contribution in [1.82, 2.24) is 0 Å². The van der Waals surface area contributed by atoms with Crippen LogP contribution >= 0.6 is 0 Å². The number of carbonyl (C=O) groups is 2. The van der Waals surface area contributed by atoms with Gasteiger partial charge in [0.15, 0.2) is 6.61 Å². The van der Waals surface area contributed by atoms with E-state index in [0.29, 0.717) is 5.69 Å². The second-order valence-electron chi connectivity index (χ2n) is 6.98. The number of hydrogen-bond acceptors (Lipinski definition) is 3. The number of carbonyl (C=O) groups excluding carboxylic acids is 2. The van der Waals surface area contributed by atoms with Crippen LogP contribution in [0.5, 0.6) is 0 Å². The molecule has 0 bridgehead atoms. The Morgan fingerprint density at radius 2 is 1.43 bits per heavy atom. The number of hydrogen-bond donors (Lipinski definition) is 1. The van der Waals surface area contributed by atoms with Gasteiger partial charge in [-0.3, -0.25) is 9.59 Å². The number of benzene rings is 3. The predicted octanol–water partition coefficient (Wildman–Crippen LogP) is 4.57. The van der Waals surface area contributed by atoms with E-state index in [0.717, 1.165) is 29.5 Å². The Hall–Kier alpha value is -3.40. The molecule has 4 rings (SSSR count). The van der Waals surface area contributed by atoms with E-state index in [-0.39, 0.29) is 18.5 Å². The fourth-order valence-corrected chi connectivity index (χ4v) is 3.41. The van der Waals surface area contributed by atoms with Gasteiger partial charge in [-0.05, 0) is 30.0 Å². The molecule has 0 radical (unpaired) electrons. The monoisotopic (exact) mass is 371 g/mol. The Balaban J connectivity index is 1.40. The second kappa shape index (κ2) is 7.69. The van der Waals surface area contributed by atoms with Crippen molar-refractivity contribution in [2.24, 2.45) is 0 Å². The highest BCUT2D eigenvalue weighted by Gasteiger charge is 2.52. The summed E-state index contributed by atoms with van der Waals surface area (Å²) in [7, 11) is 0. The minimum Gasteiger partial charge on any atom is -0.455 e. The Morgan fingerprint density at radius 3 is 2.11 bits per heavy atom. The van der Waals surface area contributed by atoms with E-state index in [4.69, 9.17) is 4.74 Å². The first-order valence-electron chi connectivity index (χ1n) is 9.36. The summed E-state index contributed by atoms with van der Waals surface area (Å²) in [6.45, 7) is -0.295. The molecule has 0 spiro atoms. The second-order valence-corrected chi connectivity index (χ2v) is 6.98. The third-order valence-electron chi connectivity index (χ3n) is 5.09. The van der Waals surface area contributed by atoms with Crippen molar-refractivity contribution < 1.29 is 14.3 Å². The highest BCUT2D eigenvalue weighted by molar-refractivity contribution is 5.97. The number of anilines is 1. The van der Waals surface area contributed by atoms with Crippen LogP contribution in [-0.2, 0) is 19.7 Å². The highest BCUT2D eigenvalue weighted by atomic mass is 16.5. The molecular formula is C24H21NO3. The molecule has 0 heterocycles. The molecule has 3 aromatic rings. The Labute approximate surface area is 164 Å². The third kappa shape index (κ3) is 3.67. The molecule has 1 aliphatic carbocycles. The summed E-state index contributed by atoms with van der Waals surface area (Å²) in [5.41, 5.74) is 3.00. The van der Waals surface area contributed by atoms with Gasteiger partial charge < -0.3 is 10.1 Å². The van der Waals surface area contributed by atoms with Gasteiger partial charge in [-0.2, -0.15) is 0 Å². The third-order valence-corrected chi connectivity index (χ3v) is 5.09. The van der Waals surface area contributed by atoms with Crippen LogP contribution in [0, 0.1) is 0 Å². The summed E-state index contributed by atoms with van der Waals surface area (Å²) in [5, 5.41) is 2.86. The van der Waals surface area contributed by atoms with Crippen molar-refractivity contribution in [3.63, 3.8) is 0 Å². The molecule has 0 atom stereocenters. The number of esters is 1. The predicted molar refractivity (Wildman–Crippen MR) is 109 cm³/mol. The van der Waals surface area contributed by atoms with Gasteiger partial charge in [0.2, 0.25) is 0 Å². The topological polar surface area (TPSA) is 55.4 Å². The van der Waals surface area contributed by atoms with Gasteiger partial charge in [0.25, 0.3) is 5.91 Å². The fourth-order valence-electron chi connectivity index (χ4n) is 3.41. The summed E-state index contributed by atoms with van der Waals surface area (Å²) < 4.78 is 5.35. The maximum atomic E-state index is 12.6. The Bertz CT molecular complexity index is 979. The largest absolute Gasteiger partial charge is 0.455 e. The quantitative estimate of drug-likeness (QED) is 0.646. The number of ether oxygens (including phenoxy) is 1. The molecule has 1 N–H and O–H groups in total. The minimum atomic E-state index is -0.580. The van der Waals surface area contributed by atoms with Crippen LogP contribution in [0.25, 0.3) is 11.1 Å². The average molecular weight is 371 g/mol. The fraction of sp³-hybridized carbons (Fsp3) is 0.167. The van der Waals surface area contributed by atoms with E-state index in [9.17, 15) is 9.59 Å². The average Bonchev–Trinajstić information content (AvgIpc) is 3.56. The number of amides is 1. The molecule has 4 heteroatoms. The van der Waals surface area contributed by atoms with Crippen LogP contribution in [-0.4, -0.2) is 18.5 Å². The molecular weight excluding hydrogens is 350 g/mol. The number of rotatable bonds is 6. The van der Waals surface area contributed by atoms with Crippen molar-refractivity contribution >= 4 is 17.6 Å². The molecule has 4 nitrogen and oxygen atoms in total. The smallest absolute Gasteiger partial charge is 0.317 e.